The second-order valence-electron chi connectivity index (χ2n) is 4.84. The molecule has 0 unspecified atom stereocenters. The first-order valence-electron chi connectivity index (χ1n) is 6.55. The molecule has 6 heteroatoms. The molecule has 110 valence electrons. The van der Waals surface area contributed by atoms with Crippen molar-refractivity contribution in [1.29, 1.82) is 0 Å². The summed E-state index contributed by atoms with van der Waals surface area (Å²) in [7, 11) is 4.00. The molecule has 2 aromatic rings. The van der Waals surface area contributed by atoms with Crippen molar-refractivity contribution >= 4 is 22.6 Å². The highest BCUT2D eigenvalue weighted by Gasteiger charge is 2.12. The molecule has 20 heavy (non-hydrogen) atoms. The Balaban J connectivity index is 2.07. The van der Waals surface area contributed by atoms with Gasteiger partial charge < -0.3 is 14.2 Å². The number of fused-ring (bicyclic) bond motifs is 1. The third-order valence-corrected chi connectivity index (χ3v) is 3.31. The first-order valence-corrected chi connectivity index (χ1v) is 7.09. The number of alkyl halides is 1. The molecule has 4 nitrogen and oxygen atoms in total. The highest BCUT2D eigenvalue weighted by atomic mass is 35.5. The van der Waals surface area contributed by atoms with Crippen LogP contribution in [-0.4, -0.2) is 48.3 Å². The average molecular weight is 300 g/mol. The quantitative estimate of drug-likeness (QED) is 0.581. The number of hydrogen-bond donors (Lipinski definition) is 0. The summed E-state index contributed by atoms with van der Waals surface area (Å²) in [4.78, 5) is 6.31. The summed E-state index contributed by atoms with van der Waals surface area (Å²) in [6.45, 7) is 2.72. The lowest BCUT2D eigenvalue weighted by atomic mass is 10.3. The first-order chi connectivity index (χ1) is 9.63. The highest BCUT2D eigenvalue weighted by Crippen LogP contribution is 2.20. The Bertz CT molecular complexity index is 571. The predicted molar refractivity (Wildman–Crippen MR) is 78.6 cm³/mol. The van der Waals surface area contributed by atoms with Gasteiger partial charge in [0.25, 0.3) is 0 Å². The van der Waals surface area contributed by atoms with E-state index in [4.69, 9.17) is 16.3 Å². The molecule has 1 aromatic carbocycles. The number of aromatic nitrogens is 2. The van der Waals surface area contributed by atoms with Crippen molar-refractivity contribution in [1.82, 2.24) is 14.5 Å². The third kappa shape index (κ3) is 3.48. The van der Waals surface area contributed by atoms with Crippen LogP contribution in [0.4, 0.5) is 4.39 Å². The molecule has 0 atom stereocenters. The van der Waals surface area contributed by atoms with Crippen LogP contribution in [-0.2, 0) is 17.2 Å². The van der Waals surface area contributed by atoms with E-state index < -0.39 is 0 Å². The molecule has 1 heterocycles. The molecule has 2 rings (SSSR count). The monoisotopic (exact) mass is 299 g/mol. The van der Waals surface area contributed by atoms with Gasteiger partial charge in [0.2, 0.25) is 0 Å². The highest BCUT2D eigenvalue weighted by molar-refractivity contribution is 6.16. The SMILES string of the molecule is CN(C)CCOCCn1c(CCl)nc2c(F)cccc21. The van der Waals surface area contributed by atoms with Gasteiger partial charge in [-0.25, -0.2) is 9.37 Å². The summed E-state index contributed by atoms with van der Waals surface area (Å²) in [5, 5.41) is 0. The number of para-hydroxylation sites is 1. The Kier molecular flexibility index (Phi) is 5.34. The number of rotatable bonds is 7. The van der Waals surface area contributed by atoms with Gasteiger partial charge in [0, 0.05) is 13.1 Å². The fourth-order valence-electron chi connectivity index (χ4n) is 2.02. The van der Waals surface area contributed by atoms with Crippen LogP contribution in [0.2, 0.25) is 0 Å². The van der Waals surface area contributed by atoms with Gasteiger partial charge in [0.15, 0.2) is 5.82 Å². The summed E-state index contributed by atoms with van der Waals surface area (Å²) in [5.41, 5.74) is 1.13. The second kappa shape index (κ2) is 7.02. The van der Waals surface area contributed by atoms with Crippen molar-refractivity contribution in [3.8, 4) is 0 Å². The molecule has 0 saturated carbocycles. The lowest BCUT2D eigenvalue weighted by molar-refractivity contribution is 0.111. The van der Waals surface area contributed by atoms with Crippen LogP contribution in [0.25, 0.3) is 11.0 Å². The molecule has 0 aliphatic carbocycles. The minimum atomic E-state index is -0.318. The molecule has 0 spiro atoms. The Morgan fingerprint density at radius 2 is 2.15 bits per heavy atom. The van der Waals surface area contributed by atoms with Crippen LogP contribution in [0, 0.1) is 5.82 Å². The maximum atomic E-state index is 13.7. The normalized spacial score (nSPS) is 11.7. The maximum Gasteiger partial charge on any atom is 0.151 e. The molecule has 0 amide bonds. The van der Waals surface area contributed by atoms with Crippen LogP contribution in [0.5, 0.6) is 0 Å². The van der Waals surface area contributed by atoms with Gasteiger partial charge in [-0.15, -0.1) is 11.6 Å². The number of ether oxygens (including phenoxy) is 1. The van der Waals surface area contributed by atoms with Crippen LogP contribution in [0.1, 0.15) is 5.82 Å². The van der Waals surface area contributed by atoms with Gasteiger partial charge in [0.1, 0.15) is 11.3 Å². The molecule has 1 aromatic heterocycles. The van der Waals surface area contributed by atoms with Crippen molar-refractivity contribution in [2.45, 2.75) is 12.4 Å². The number of nitrogens with zero attached hydrogens (tertiary/aromatic N) is 3. The number of benzene rings is 1. The summed E-state index contributed by atoms with van der Waals surface area (Å²) in [6.07, 6.45) is 0. The lowest BCUT2D eigenvalue weighted by Gasteiger charge is -2.11. The average Bonchev–Trinajstić information content (AvgIpc) is 2.78. The zero-order chi connectivity index (χ0) is 14.5. The van der Waals surface area contributed by atoms with Crippen molar-refractivity contribution in [3.63, 3.8) is 0 Å². The Labute approximate surface area is 123 Å². The summed E-state index contributed by atoms with van der Waals surface area (Å²) >= 11 is 5.88. The summed E-state index contributed by atoms with van der Waals surface area (Å²) in [6, 6.07) is 4.94. The van der Waals surface area contributed by atoms with Gasteiger partial charge in [-0.3, -0.25) is 0 Å². The van der Waals surface area contributed by atoms with Crippen molar-refractivity contribution in [2.75, 3.05) is 33.9 Å². The van der Waals surface area contributed by atoms with E-state index in [9.17, 15) is 4.39 Å². The summed E-state index contributed by atoms with van der Waals surface area (Å²) < 4.78 is 21.2. The standard InChI is InChI=1S/C14H19ClFN3O/c1-18(2)6-8-20-9-7-19-12-5-3-4-11(16)14(12)17-13(19)10-15/h3-5H,6-10H2,1-2H3. The third-order valence-electron chi connectivity index (χ3n) is 3.07. The van der Waals surface area contributed by atoms with E-state index in [0.29, 0.717) is 31.1 Å². The number of likely N-dealkylation sites (N-methyl/N-ethyl adjacent to an activating group) is 1. The minimum absolute atomic E-state index is 0.256. The van der Waals surface area contributed by atoms with Crippen LogP contribution in [0.15, 0.2) is 18.2 Å². The fourth-order valence-corrected chi connectivity index (χ4v) is 2.22. The molecule has 0 bridgehead atoms. The van der Waals surface area contributed by atoms with Crippen LogP contribution in [0.3, 0.4) is 0 Å². The maximum absolute atomic E-state index is 13.7. The van der Waals surface area contributed by atoms with E-state index in [-0.39, 0.29) is 11.7 Å². The van der Waals surface area contributed by atoms with E-state index in [2.05, 4.69) is 9.88 Å². The predicted octanol–water partition coefficient (Wildman–Crippen LogP) is 2.49. The molecule has 0 saturated heterocycles. The van der Waals surface area contributed by atoms with E-state index in [1.54, 1.807) is 6.07 Å². The molecular weight excluding hydrogens is 281 g/mol. The number of halogens is 2. The van der Waals surface area contributed by atoms with E-state index >= 15 is 0 Å². The smallest absolute Gasteiger partial charge is 0.151 e. The van der Waals surface area contributed by atoms with Gasteiger partial charge in [-0.2, -0.15) is 0 Å². The first kappa shape index (κ1) is 15.2. The van der Waals surface area contributed by atoms with Crippen LogP contribution < -0.4 is 0 Å². The van der Waals surface area contributed by atoms with E-state index in [1.165, 1.54) is 6.07 Å². The molecule has 0 aliphatic rings. The molecule has 0 fully saturated rings. The van der Waals surface area contributed by atoms with Crippen molar-refractivity contribution in [2.24, 2.45) is 0 Å². The Morgan fingerprint density at radius 1 is 1.35 bits per heavy atom. The molecule has 0 radical (unpaired) electrons. The Hall–Kier alpha value is -1.17. The van der Waals surface area contributed by atoms with Gasteiger partial charge in [0.05, 0.1) is 24.6 Å². The molecule has 0 aliphatic heterocycles. The molecular formula is C14H19ClFN3O. The van der Waals surface area contributed by atoms with Crippen LogP contribution >= 0.6 is 11.6 Å². The minimum Gasteiger partial charge on any atom is -0.378 e. The topological polar surface area (TPSA) is 30.3 Å². The Morgan fingerprint density at radius 3 is 2.85 bits per heavy atom. The zero-order valence-corrected chi connectivity index (χ0v) is 12.5. The summed E-state index contributed by atoms with van der Waals surface area (Å²) in [5.74, 6) is 0.607. The van der Waals surface area contributed by atoms with Crippen molar-refractivity contribution < 1.29 is 9.13 Å². The number of imidazole rings is 1. The van der Waals surface area contributed by atoms with E-state index in [1.807, 2.05) is 24.7 Å². The fraction of sp³-hybridized carbons (Fsp3) is 0.500. The van der Waals surface area contributed by atoms with Gasteiger partial charge >= 0.3 is 0 Å². The van der Waals surface area contributed by atoms with Gasteiger partial charge in [-0.05, 0) is 26.2 Å². The molecule has 0 N–H and O–H groups in total. The number of hydrogen-bond acceptors (Lipinski definition) is 3. The zero-order valence-electron chi connectivity index (χ0n) is 11.8. The van der Waals surface area contributed by atoms with E-state index in [0.717, 1.165) is 12.1 Å². The largest absolute Gasteiger partial charge is 0.378 e. The van der Waals surface area contributed by atoms with Gasteiger partial charge in [-0.1, -0.05) is 6.07 Å². The second-order valence-corrected chi connectivity index (χ2v) is 5.10. The lowest BCUT2D eigenvalue weighted by Crippen LogP contribution is -2.19. The van der Waals surface area contributed by atoms with Crippen molar-refractivity contribution in [3.05, 3.63) is 29.8 Å².